The summed E-state index contributed by atoms with van der Waals surface area (Å²) in [5, 5.41) is 0. The van der Waals surface area contributed by atoms with Crippen molar-refractivity contribution in [3.8, 4) is 0 Å². The zero-order chi connectivity index (χ0) is 15.0. The molecule has 0 aliphatic heterocycles. The van der Waals surface area contributed by atoms with Gasteiger partial charge in [0.15, 0.2) is 0 Å². The number of carbonyl (C=O) groups is 2. The van der Waals surface area contributed by atoms with Gasteiger partial charge in [0, 0.05) is 27.6 Å². The standard InChI is InChI=1S/C14H29N3O2/c1-11(2)12(8-9-15)6-7-13(18)17(5)10-14(19)16(3)4/h11-12H,6-10,15H2,1-5H3. The molecule has 0 spiro atoms. The van der Waals surface area contributed by atoms with Crippen molar-refractivity contribution < 1.29 is 9.59 Å². The number of likely N-dealkylation sites (N-methyl/N-ethyl adjacent to an activating group) is 2. The number of amides is 2. The minimum Gasteiger partial charge on any atom is -0.347 e. The van der Waals surface area contributed by atoms with E-state index in [1.807, 2.05) is 0 Å². The molecule has 0 rings (SSSR count). The maximum absolute atomic E-state index is 12.0. The third-order valence-electron chi connectivity index (χ3n) is 3.51. The first kappa shape index (κ1) is 17.9. The Balaban J connectivity index is 4.18. The molecule has 0 saturated heterocycles. The Kier molecular flexibility index (Phi) is 8.39. The number of nitrogens with two attached hydrogens (primary N) is 1. The third kappa shape index (κ3) is 7.15. The number of hydrogen-bond acceptors (Lipinski definition) is 3. The van der Waals surface area contributed by atoms with E-state index >= 15 is 0 Å². The number of carbonyl (C=O) groups excluding carboxylic acids is 2. The Morgan fingerprint density at radius 3 is 2.05 bits per heavy atom. The fourth-order valence-corrected chi connectivity index (χ4v) is 1.96. The largest absolute Gasteiger partial charge is 0.347 e. The summed E-state index contributed by atoms with van der Waals surface area (Å²) in [7, 11) is 5.06. The highest BCUT2D eigenvalue weighted by molar-refractivity contribution is 5.84. The summed E-state index contributed by atoms with van der Waals surface area (Å²) in [5.74, 6) is 0.980. The molecule has 0 aliphatic rings. The van der Waals surface area contributed by atoms with Crippen molar-refractivity contribution in [2.45, 2.75) is 33.1 Å². The zero-order valence-corrected chi connectivity index (χ0v) is 13.0. The van der Waals surface area contributed by atoms with E-state index in [9.17, 15) is 9.59 Å². The monoisotopic (exact) mass is 271 g/mol. The van der Waals surface area contributed by atoms with Crippen molar-refractivity contribution in [3.63, 3.8) is 0 Å². The van der Waals surface area contributed by atoms with Crippen LogP contribution in [0.1, 0.15) is 33.1 Å². The van der Waals surface area contributed by atoms with Crippen LogP contribution in [0, 0.1) is 11.8 Å². The molecule has 19 heavy (non-hydrogen) atoms. The molecule has 0 saturated carbocycles. The van der Waals surface area contributed by atoms with E-state index in [1.54, 1.807) is 21.1 Å². The van der Waals surface area contributed by atoms with Gasteiger partial charge in [-0.15, -0.1) is 0 Å². The first-order valence-corrected chi connectivity index (χ1v) is 6.93. The third-order valence-corrected chi connectivity index (χ3v) is 3.51. The summed E-state index contributed by atoms with van der Waals surface area (Å²) in [6.07, 6.45) is 2.28. The molecule has 0 aromatic heterocycles. The first-order chi connectivity index (χ1) is 8.79. The van der Waals surface area contributed by atoms with E-state index < -0.39 is 0 Å². The highest BCUT2D eigenvalue weighted by atomic mass is 16.2. The summed E-state index contributed by atoms with van der Waals surface area (Å²) < 4.78 is 0. The topological polar surface area (TPSA) is 66.6 Å². The summed E-state index contributed by atoms with van der Waals surface area (Å²) in [4.78, 5) is 26.5. The van der Waals surface area contributed by atoms with Crippen molar-refractivity contribution in [1.82, 2.24) is 9.80 Å². The van der Waals surface area contributed by atoms with Gasteiger partial charge in [-0.05, 0) is 31.2 Å². The molecule has 1 unspecified atom stereocenters. The van der Waals surface area contributed by atoms with Crippen LogP contribution in [0.5, 0.6) is 0 Å². The lowest BCUT2D eigenvalue weighted by Crippen LogP contribution is -2.37. The van der Waals surface area contributed by atoms with Gasteiger partial charge in [-0.2, -0.15) is 0 Å². The lowest BCUT2D eigenvalue weighted by molar-refractivity contribution is -0.138. The second-order valence-electron chi connectivity index (χ2n) is 5.66. The highest BCUT2D eigenvalue weighted by Crippen LogP contribution is 2.20. The van der Waals surface area contributed by atoms with E-state index in [0.717, 1.165) is 12.8 Å². The van der Waals surface area contributed by atoms with Gasteiger partial charge in [0.05, 0.1) is 6.54 Å². The molecule has 0 aliphatic carbocycles. The van der Waals surface area contributed by atoms with Gasteiger partial charge in [-0.3, -0.25) is 9.59 Å². The van der Waals surface area contributed by atoms with Crippen molar-refractivity contribution in [2.24, 2.45) is 17.6 Å². The molecule has 5 nitrogen and oxygen atoms in total. The van der Waals surface area contributed by atoms with Crippen LogP contribution in [-0.2, 0) is 9.59 Å². The number of nitrogens with zero attached hydrogens (tertiary/aromatic N) is 2. The van der Waals surface area contributed by atoms with Crippen LogP contribution in [0.15, 0.2) is 0 Å². The minimum absolute atomic E-state index is 0.0258. The Morgan fingerprint density at radius 2 is 1.63 bits per heavy atom. The van der Waals surface area contributed by atoms with Gasteiger partial charge < -0.3 is 15.5 Å². The van der Waals surface area contributed by atoms with Gasteiger partial charge >= 0.3 is 0 Å². The second kappa shape index (κ2) is 8.91. The SMILES string of the molecule is CC(C)C(CCN)CCC(=O)N(C)CC(=O)N(C)C. The molecule has 2 amide bonds. The van der Waals surface area contributed by atoms with E-state index in [0.29, 0.717) is 24.8 Å². The summed E-state index contributed by atoms with van der Waals surface area (Å²) in [6, 6.07) is 0. The predicted molar refractivity (Wildman–Crippen MR) is 77.6 cm³/mol. The van der Waals surface area contributed by atoms with E-state index in [2.05, 4.69) is 13.8 Å². The molecular formula is C14H29N3O2. The molecule has 0 aromatic rings. The Labute approximate surface area is 117 Å². The van der Waals surface area contributed by atoms with Crippen molar-refractivity contribution in [2.75, 3.05) is 34.2 Å². The van der Waals surface area contributed by atoms with Crippen LogP contribution >= 0.6 is 0 Å². The molecule has 0 aromatic carbocycles. The maximum Gasteiger partial charge on any atom is 0.241 e. The molecular weight excluding hydrogens is 242 g/mol. The first-order valence-electron chi connectivity index (χ1n) is 6.93. The Hall–Kier alpha value is -1.10. The number of hydrogen-bond donors (Lipinski definition) is 1. The molecule has 0 bridgehead atoms. The number of rotatable bonds is 8. The fraction of sp³-hybridized carbons (Fsp3) is 0.857. The van der Waals surface area contributed by atoms with Crippen molar-refractivity contribution in [3.05, 3.63) is 0 Å². The average molecular weight is 271 g/mol. The van der Waals surface area contributed by atoms with Crippen molar-refractivity contribution in [1.29, 1.82) is 0 Å². The van der Waals surface area contributed by atoms with Crippen LogP contribution in [0.4, 0.5) is 0 Å². The van der Waals surface area contributed by atoms with Gasteiger partial charge in [-0.1, -0.05) is 13.8 Å². The Morgan fingerprint density at radius 1 is 1.05 bits per heavy atom. The molecule has 112 valence electrons. The van der Waals surface area contributed by atoms with Crippen molar-refractivity contribution >= 4 is 11.8 Å². The maximum atomic E-state index is 12.0. The van der Waals surface area contributed by atoms with Crippen LogP contribution in [0.2, 0.25) is 0 Å². The van der Waals surface area contributed by atoms with E-state index in [4.69, 9.17) is 5.73 Å². The lowest BCUT2D eigenvalue weighted by atomic mass is 9.88. The zero-order valence-electron chi connectivity index (χ0n) is 13.0. The molecule has 0 fully saturated rings. The van der Waals surface area contributed by atoms with Gasteiger partial charge in [-0.25, -0.2) is 0 Å². The molecule has 1 atom stereocenters. The summed E-state index contributed by atoms with van der Waals surface area (Å²) >= 11 is 0. The van der Waals surface area contributed by atoms with Crippen LogP contribution in [-0.4, -0.2) is 55.8 Å². The fourth-order valence-electron chi connectivity index (χ4n) is 1.96. The van der Waals surface area contributed by atoms with Gasteiger partial charge in [0.1, 0.15) is 0 Å². The average Bonchev–Trinajstić information content (AvgIpc) is 2.33. The second-order valence-corrected chi connectivity index (χ2v) is 5.66. The van der Waals surface area contributed by atoms with E-state index in [1.165, 1.54) is 9.80 Å². The normalized spacial score (nSPS) is 12.4. The predicted octanol–water partition coefficient (Wildman–Crippen LogP) is 0.934. The Bertz CT molecular complexity index is 290. The smallest absolute Gasteiger partial charge is 0.241 e. The summed E-state index contributed by atoms with van der Waals surface area (Å²) in [6.45, 7) is 5.12. The van der Waals surface area contributed by atoms with E-state index in [-0.39, 0.29) is 18.4 Å². The molecule has 5 heteroatoms. The molecule has 2 N–H and O–H groups in total. The lowest BCUT2D eigenvalue weighted by Gasteiger charge is -2.22. The van der Waals surface area contributed by atoms with Gasteiger partial charge in [0.2, 0.25) is 11.8 Å². The highest BCUT2D eigenvalue weighted by Gasteiger charge is 2.18. The minimum atomic E-state index is -0.0572. The van der Waals surface area contributed by atoms with Crippen LogP contribution in [0.3, 0.4) is 0 Å². The van der Waals surface area contributed by atoms with Gasteiger partial charge in [0.25, 0.3) is 0 Å². The molecule has 0 radical (unpaired) electrons. The summed E-state index contributed by atoms with van der Waals surface area (Å²) in [5.41, 5.74) is 5.59. The van der Waals surface area contributed by atoms with Crippen LogP contribution < -0.4 is 5.73 Å². The quantitative estimate of drug-likeness (QED) is 0.714. The molecule has 0 heterocycles. The van der Waals surface area contributed by atoms with Crippen LogP contribution in [0.25, 0.3) is 0 Å².